The van der Waals surface area contributed by atoms with Crippen LogP contribution in [0.1, 0.15) is 70.0 Å². The number of carboxylic acids is 1. The average Bonchev–Trinajstić information content (AvgIpc) is 2.70. The first-order valence-electron chi connectivity index (χ1n) is 11.9. The van der Waals surface area contributed by atoms with E-state index < -0.39 is 11.6 Å². The molecule has 0 radical (unpaired) electrons. The predicted octanol–water partition coefficient (Wildman–Crippen LogP) is 5.46. The maximum absolute atomic E-state index is 11.6. The minimum atomic E-state index is -0.840. The van der Waals surface area contributed by atoms with Gasteiger partial charge in [-0.2, -0.15) is 5.26 Å². The summed E-state index contributed by atoms with van der Waals surface area (Å²) in [6, 6.07) is 10.2. The van der Waals surface area contributed by atoms with Gasteiger partial charge in [-0.05, 0) is 64.0 Å². The summed E-state index contributed by atoms with van der Waals surface area (Å²) in [5.41, 5.74) is 6.32. The van der Waals surface area contributed by atoms with Crippen molar-refractivity contribution in [2.24, 2.45) is 5.41 Å². The third-order valence-electron chi connectivity index (χ3n) is 5.94. The smallest absolute Gasteiger partial charge is 0.307 e. The van der Waals surface area contributed by atoms with Crippen LogP contribution in [0, 0.1) is 30.6 Å². The first-order chi connectivity index (χ1) is 15.7. The molecular formula is C28H39N3O3. The molecule has 0 bridgehead atoms. The summed E-state index contributed by atoms with van der Waals surface area (Å²) in [5, 5.41) is 27.0. The number of piperidine rings is 1. The van der Waals surface area contributed by atoms with E-state index in [4.69, 9.17) is 15.4 Å². The number of hydrogen-bond acceptors (Lipinski definition) is 5. The van der Waals surface area contributed by atoms with Gasteiger partial charge in [0.05, 0.1) is 30.2 Å². The van der Waals surface area contributed by atoms with Crippen LogP contribution in [0.5, 0.6) is 0 Å². The molecule has 6 heteroatoms. The number of anilines is 1. The standard InChI is InChI=1S/C24H29N3O2.C4H10O/c1-16-20(15-21(28)29)23(27-13-10-24(3,4)11-14-27)22(17(2)26-16)19-7-5-18(6-8-19)9-12-25;1-4(2,3)5/h5-8H,9-11,13-15H2,1-4H3,(H,28,29);5H,1-3H3. The molecule has 1 aromatic carbocycles. The molecule has 6 nitrogen and oxygen atoms in total. The number of hydrogen-bond donors (Lipinski definition) is 2. The van der Waals surface area contributed by atoms with Crippen LogP contribution in [0.2, 0.25) is 0 Å². The van der Waals surface area contributed by atoms with Crippen molar-refractivity contribution in [3.05, 3.63) is 46.8 Å². The number of aliphatic hydroxyl groups is 1. The van der Waals surface area contributed by atoms with Crippen LogP contribution in [0.4, 0.5) is 5.69 Å². The number of benzene rings is 1. The SMILES string of the molecule is CC(C)(C)O.Cc1nc(C)c(-c2ccc(CC#N)cc2)c(N2CCC(C)(C)CC2)c1CC(=O)O. The number of nitriles is 1. The number of aromatic nitrogens is 1. The van der Waals surface area contributed by atoms with E-state index in [1.165, 1.54) is 0 Å². The molecule has 2 aromatic rings. The van der Waals surface area contributed by atoms with E-state index in [-0.39, 0.29) is 6.42 Å². The van der Waals surface area contributed by atoms with Crippen molar-refractivity contribution in [3.63, 3.8) is 0 Å². The highest BCUT2D eigenvalue weighted by atomic mass is 16.4. The molecule has 2 N–H and O–H groups in total. The van der Waals surface area contributed by atoms with Crippen LogP contribution in [0.15, 0.2) is 24.3 Å². The molecule has 1 aliphatic heterocycles. The minimum absolute atomic E-state index is 0.0339. The van der Waals surface area contributed by atoms with Crippen LogP contribution in [0.3, 0.4) is 0 Å². The number of rotatable bonds is 5. The molecule has 1 fully saturated rings. The third kappa shape index (κ3) is 7.85. The van der Waals surface area contributed by atoms with Gasteiger partial charge in [0.1, 0.15) is 0 Å². The Balaban J connectivity index is 0.000000739. The maximum Gasteiger partial charge on any atom is 0.307 e. The highest BCUT2D eigenvalue weighted by Crippen LogP contribution is 2.41. The molecule has 3 rings (SSSR count). The highest BCUT2D eigenvalue weighted by Gasteiger charge is 2.30. The van der Waals surface area contributed by atoms with Crippen molar-refractivity contribution >= 4 is 11.7 Å². The fourth-order valence-electron chi connectivity index (χ4n) is 4.14. The summed E-state index contributed by atoms with van der Waals surface area (Å²) >= 11 is 0. The first-order valence-corrected chi connectivity index (χ1v) is 11.9. The van der Waals surface area contributed by atoms with Gasteiger partial charge in [-0.3, -0.25) is 9.78 Å². The number of aryl methyl sites for hydroxylation is 2. The largest absolute Gasteiger partial charge is 0.481 e. The molecule has 1 aromatic heterocycles. The Morgan fingerprint density at radius 1 is 1.12 bits per heavy atom. The monoisotopic (exact) mass is 465 g/mol. The molecule has 0 unspecified atom stereocenters. The molecule has 0 aliphatic carbocycles. The molecule has 0 spiro atoms. The van der Waals surface area contributed by atoms with E-state index in [0.29, 0.717) is 11.8 Å². The molecule has 2 heterocycles. The van der Waals surface area contributed by atoms with E-state index in [2.05, 4.69) is 24.8 Å². The first kappa shape index (κ1) is 27.3. The van der Waals surface area contributed by atoms with Gasteiger partial charge >= 0.3 is 5.97 Å². The summed E-state index contributed by atoms with van der Waals surface area (Å²) in [4.78, 5) is 18.7. The van der Waals surface area contributed by atoms with Gasteiger partial charge in [-0.1, -0.05) is 38.1 Å². The molecule has 34 heavy (non-hydrogen) atoms. The number of carboxylic acid groups (broad SMARTS) is 1. The second-order valence-corrected chi connectivity index (χ2v) is 10.9. The Morgan fingerprint density at radius 2 is 1.65 bits per heavy atom. The van der Waals surface area contributed by atoms with E-state index in [1.807, 2.05) is 38.1 Å². The van der Waals surface area contributed by atoms with Gasteiger partial charge in [0.15, 0.2) is 0 Å². The van der Waals surface area contributed by atoms with Crippen molar-refractivity contribution in [2.45, 2.75) is 79.8 Å². The second kappa shape index (κ2) is 11.0. The van der Waals surface area contributed by atoms with Gasteiger partial charge in [-0.25, -0.2) is 0 Å². The van der Waals surface area contributed by atoms with Crippen LogP contribution in [-0.4, -0.2) is 39.9 Å². The van der Waals surface area contributed by atoms with Crippen molar-refractivity contribution in [3.8, 4) is 17.2 Å². The molecule has 0 saturated carbocycles. The molecule has 1 saturated heterocycles. The lowest BCUT2D eigenvalue weighted by atomic mass is 9.82. The molecule has 0 amide bonds. The van der Waals surface area contributed by atoms with E-state index in [0.717, 1.165) is 65.3 Å². The lowest BCUT2D eigenvalue weighted by Gasteiger charge is -2.40. The fourth-order valence-corrected chi connectivity index (χ4v) is 4.14. The van der Waals surface area contributed by atoms with E-state index >= 15 is 0 Å². The topological polar surface area (TPSA) is 97.5 Å². The summed E-state index contributed by atoms with van der Waals surface area (Å²) < 4.78 is 0. The molecular weight excluding hydrogens is 426 g/mol. The highest BCUT2D eigenvalue weighted by molar-refractivity contribution is 5.86. The van der Waals surface area contributed by atoms with Crippen LogP contribution < -0.4 is 4.90 Å². The minimum Gasteiger partial charge on any atom is -0.481 e. The van der Waals surface area contributed by atoms with E-state index in [1.54, 1.807) is 20.8 Å². The normalized spacial score (nSPS) is 15.2. The van der Waals surface area contributed by atoms with Gasteiger partial charge in [0, 0.05) is 35.6 Å². The van der Waals surface area contributed by atoms with Crippen LogP contribution in [-0.2, 0) is 17.6 Å². The lowest BCUT2D eigenvalue weighted by molar-refractivity contribution is -0.136. The van der Waals surface area contributed by atoms with Crippen molar-refractivity contribution in [1.82, 2.24) is 4.98 Å². The predicted molar refractivity (Wildman–Crippen MR) is 137 cm³/mol. The van der Waals surface area contributed by atoms with Gasteiger partial charge in [0.2, 0.25) is 0 Å². The van der Waals surface area contributed by atoms with E-state index in [9.17, 15) is 9.90 Å². The van der Waals surface area contributed by atoms with Gasteiger partial charge < -0.3 is 15.1 Å². The van der Waals surface area contributed by atoms with Crippen LogP contribution in [0.25, 0.3) is 11.1 Å². The number of pyridine rings is 1. The summed E-state index contributed by atoms with van der Waals surface area (Å²) in [7, 11) is 0. The Hall–Kier alpha value is -2.91. The Bertz CT molecular complexity index is 1030. The summed E-state index contributed by atoms with van der Waals surface area (Å²) in [6.07, 6.45) is 2.48. The average molecular weight is 466 g/mol. The lowest BCUT2D eigenvalue weighted by Crippen LogP contribution is -2.38. The molecule has 184 valence electrons. The third-order valence-corrected chi connectivity index (χ3v) is 5.94. The maximum atomic E-state index is 11.6. The van der Waals surface area contributed by atoms with Crippen molar-refractivity contribution in [2.75, 3.05) is 18.0 Å². The molecule has 1 aliphatic rings. The summed E-state index contributed by atoms with van der Waals surface area (Å²) in [5.74, 6) is -0.840. The number of nitrogens with zero attached hydrogens (tertiary/aromatic N) is 3. The summed E-state index contributed by atoms with van der Waals surface area (Å²) in [6.45, 7) is 15.5. The zero-order chi connectivity index (χ0) is 25.7. The van der Waals surface area contributed by atoms with Crippen molar-refractivity contribution in [1.29, 1.82) is 5.26 Å². The second-order valence-electron chi connectivity index (χ2n) is 10.9. The van der Waals surface area contributed by atoms with Crippen LogP contribution >= 0.6 is 0 Å². The van der Waals surface area contributed by atoms with Gasteiger partial charge in [0.25, 0.3) is 0 Å². The zero-order valence-corrected chi connectivity index (χ0v) is 21.7. The van der Waals surface area contributed by atoms with Gasteiger partial charge in [-0.15, -0.1) is 0 Å². The fraction of sp³-hybridized carbons (Fsp3) is 0.536. The Morgan fingerprint density at radius 3 is 2.12 bits per heavy atom. The number of aliphatic carboxylic acids is 1. The molecule has 0 atom stereocenters. The number of carbonyl (C=O) groups is 1. The quantitative estimate of drug-likeness (QED) is 0.608. The zero-order valence-electron chi connectivity index (χ0n) is 21.7. The Labute approximate surface area is 204 Å². The van der Waals surface area contributed by atoms with Crippen molar-refractivity contribution < 1.29 is 15.0 Å². The Kier molecular flexibility index (Phi) is 8.85.